The molecule has 1 amide bonds. The molecule has 1 saturated heterocycles. The topological polar surface area (TPSA) is 76.5 Å². The van der Waals surface area contributed by atoms with Crippen molar-refractivity contribution in [2.45, 2.75) is 55.4 Å². The summed E-state index contributed by atoms with van der Waals surface area (Å²) in [7, 11) is 1.02. The second-order valence-corrected chi connectivity index (χ2v) is 13.5. The molecule has 4 aliphatic rings. The van der Waals surface area contributed by atoms with Gasteiger partial charge < -0.3 is 14.6 Å². The van der Waals surface area contributed by atoms with Gasteiger partial charge in [-0.2, -0.15) is 13.2 Å². The van der Waals surface area contributed by atoms with E-state index < -0.39 is 46.5 Å². The third-order valence-corrected chi connectivity index (χ3v) is 10.7. The maximum absolute atomic E-state index is 16.2. The molecule has 13 heteroatoms. The molecule has 2 fully saturated rings. The molecule has 4 aromatic rings. The summed E-state index contributed by atoms with van der Waals surface area (Å²) in [6.45, 7) is 0.776. The molecule has 4 heterocycles. The number of halogens is 6. The van der Waals surface area contributed by atoms with Crippen molar-refractivity contribution in [2.24, 2.45) is 5.92 Å². The van der Waals surface area contributed by atoms with Gasteiger partial charge in [0, 0.05) is 48.1 Å². The largest absolute Gasteiger partial charge is 0.465 e. The van der Waals surface area contributed by atoms with Crippen molar-refractivity contribution in [1.82, 2.24) is 14.5 Å². The third kappa shape index (κ3) is 4.24. The lowest BCUT2D eigenvalue weighted by Crippen LogP contribution is -2.61. The fourth-order valence-corrected chi connectivity index (χ4v) is 8.40. The number of imidazole rings is 1. The first-order chi connectivity index (χ1) is 21.9. The van der Waals surface area contributed by atoms with Gasteiger partial charge in [-0.15, -0.1) is 0 Å². The Morgan fingerprint density at radius 3 is 2.65 bits per heavy atom. The number of nitrogens with one attached hydrogen (secondary N) is 1. The maximum atomic E-state index is 16.2. The van der Waals surface area contributed by atoms with E-state index in [2.05, 4.69) is 15.0 Å². The quantitative estimate of drug-likeness (QED) is 0.183. The van der Waals surface area contributed by atoms with Gasteiger partial charge in [0.05, 0.1) is 34.3 Å². The van der Waals surface area contributed by atoms with Crippen LogP contribution in [0.15, 0.2) is 48.5 Å². The van der Waals surface area contributed by atoms with Crippen LogP contribution in [0.3, 0.4) is 0 Å². The number of nitrogens with zero attached hydrogens (tertiary/aromatic N) is 3. The van der Waals surface area contributed by atoms with Crippen molar-refractivity contribution in [1.29, 1.82) is 0 Å². The van der Waals surface area contributed by atoms with E-state index >= 15 is 4.39 Å². The number of esters is 1. The molecular weight excluding hydrogens is 647 g/mol. The van der Waals surface area contributed by atoms with Crippen molar-refractivity contribution >= 4 is 51.8 Å². The van der Waals surface area contributed by atoms with Gasteiger partial charge >= 0.3 is 12.1 Å². The normalized spacial score (nSPS) is 25.5. The number of carbonyl (C=O) groups excluding carboxylic acids is 2. The number of methoxy groups -OCH3 is 1. The van der Waals surface area contributed by atoms with E-state index in [4.69, 9.17) is 28.2 Å². The summed E-state index contributed by atoms with van der Waals surface area (Å²) in [4.78, 5) is 33.9. The van der Waals surface area contributed by atoms with Gasteiger partial charge in [0.15, 0.2) is 0 Å². The summed E-state index contributed by atoms with van der Waals surface area (Å²) >= 11 is 12.6. The number of carbonyl (C=O) groups is 2. The molecule has 1 N–H and O–H groups in total. The summed E-state index contributed by atoms with van der Waals surface area (Å²) in [5, 5.41) is 3.42. The monoisotopic (exact) mass is 672 g/mol. The van der Waals surface area contributed by atoms with Gasteiger partial charge in [-0.25, -0.2) is 14.2 Å². The molecule has 8 rings (SSSR count). The third-order valence-electron chi connectivity index (χ3n) is 10.1. The van der Waals surface area contributed by atoms with Crippen LogP contribution in [-0.2, 0) is 28.7 Å². The number of alkyl halides is 3. The number of ether oxygens (including phenoxy) is 1. The highest BCUT2D eigenvalue weighted by Gasteiger charge is 2.67. The molecule has 0 unspecified atom stereocenters. The van der Waals surface area contributed by atoms with E-state index in [0.717, 1.165) is 37.6 Å². The molecule has 3 aromatic carbocycles. The highest BCUT2D eigenvalue weighted by Crippen LogP contribution is 2.61. The molecule has 7 nitrogen and oxygen atoms in total. The first-order valence-electron chi connectivity index (χ1n) is 14.9. The van der Waals surface area contributed by atoms with Crippen LogP contribution in [0, 0.1) is 11.7 Å². The van der Waals surface area contributed by atoms with Crippen LogP contribution < -0.4 is 5.32 Å². The first kappa shape index (κ1) is 29.7. The van der Waals surface area contributed by atoms with Crippen LogP contribution in [0.2, 0.25) is 10.0 Å². The number of hydrogen-bond donors (Lipinski definition) is 1. The Labute approximate surface area is 270 Å². The van der Waals surface area contributed by atoms with E-state index in [1.54, 1.807) is 28.8 Å². The summed E-state index contributed by atoms with van der Waals surface area (Å²) in [5.41, 5.74) is -1.01. The second-order valence-electron chi connectivity index (χ2n) is 12.6. The highest BCUT2D eigenvalue weighted by molar-refractivity contribution is 6.31. The number of benzene rings is 3. The highest BCUT2D eigenvalue weighted by atomic mass is 35.5. The van der Waals surface area contributed by atoms with E-state index in [9.17, 15) is 22.8 Å². The summed E-state index contributed by atoms with van der Waals surface area (Å²) in [5.74, 6) is -2.74. The van der Waals surface area contributed by atoms with Crippen LogP contribution in [0.5, 0.6) is 0 Å². The Hall–Kier alpha value is -3.67. The molecule has 46 heavy (non-hydrogen) atoms. The maximum Gasteiger partial charge on any atom is 0.417 e. The standard InChI is InChI=1S/C33H26Cl2F4N4O3/c1-46-30(44)19-10-23-24(11-20(19)33(37,38)39)42-14-25-26(29(42)40-23)27(18-3-2-4-21(35)28(18)36)32(43(25)13-15-5-6-15)12-16-7-8-17(34)9-22(16)41-31(32)45/h2-4,7-11,15,25-27H,5-6,12-14H2,1H3,(H,41,45)/t25-,26+,27-,32+/m0/s1. The van der Waals surface area contributed by atoms with Crippen LogP contribution in [0.1, 0.15) is 57.6 Å². The number of aromatic nitrogens is 2. The molecule has 4 atom stereocenters. The minimum atomic E-state index is -4.83. The zero-order valence-electron chi connectivity index (χ0n) is 24.3. The zero-order valence-corrected chi connectivity index (χ0v) is 25.8. The van der Waals surface area contributed by atoms with Gasteiger partial charge in [0.2, 0.25) is 5.91 Å². The molecule has 0 radical (unpaired) electrons. The lowest BCUT2D eigenvalue weighted by molar-refractivity contribution is -0.138. The number of anilines is 1. The van der Waals surface area contributed by atoms with Crippen LogP contribution >= 0.6 is 23.2 Å². The summed E-state index contributed by atoms with van der Waals surface area (Å²) in [6, 6.07) is 11.6. The zero-order chi connectivity index (χ0) is 32.3. The fraction of sp³-hybridized carbons (Fsp3) is 0.364. The fourth-order valence-electron chi connectivity index (χ4n) is 8.05. The van der Waals surface area contributed by atoms with Gasteiger partial charge in [-0.3, -0.25) is 9.69 Å². The molecule has 1 aliphatic carbocycles. The number of fused-ring (bicyclic) bond motifs is 6. The van der Waals surface area contributed by atoms with Crippen molar-refractivity contribution in [3.63, 3.8) is 0 Å². The summed E-state index contributed by atoms with van der Waals surface area (Å²) in [6.07, 6.45) is -2.62. The van der Waals surface area contributed by atoms with E-state index in [-0.39, 0.29) is 46.5 Å². The predicted octanol–water partition coefficient (Wildman–Crippen LogP) is 7.20. The minimum Gasteiger partial charge on any atom is -0.465 e. The van der Waals surface area contributed by atoms with Gasteiger partial charge in [-0.05, 0) is 60.2 Å². The Morgan fingerprint density at radius 1 is 1.15 bits per heavy atom. The number of amides is 1. The second kappa shape index (κ2) is 10.2. The molecule has 1 saturated carbocycles. The van der Waals surface area contributed by atoms with Crippen molar-refractivity contribution in [2.75, 3.05) is 19.0 Å². The van der Waals surface area contributed by atoms with Gasteiger partial charge in [0.25, 0.3) is 0 Å². The van der Waals surface area contributed by atoms with E-state index in [1.807, 2.05) is 6.07 Å². The molecule has 1 aromatic heterocycles. The average Bonchev–Trinajstić information content (AvgIpc) is 3.60. The smallest absolute Gasteiger partial charge is 0.417 e. The van der Waals surface area contributed by atoms with Crippen molar-refractivity contribution < 1.29 is 31.9 Å². The Morgan fingerprint density at radius 2 is 1.93 bits per heavy atom. The number of likely N-dealkylation sites (tertiary alicyclic amines) is 1. The Kier molecular flexibility index (Phi) is 6.56. The van der Waals surface area contributed by atoms with Gasteiger partial charge in [0.1, 0.15) is 17.2 Å². The number of rotatable bonds is 4. The number of hydrogen-bond acceptors (Lipinski definition) is 5. The summed E-state index contributed by atoms with van der Waals surface area (Å²) < 4.78 is 65.2. The molecule has 0 bridgehead atoms. The van der Waals surface area contributed by atoms with Crippen LogP contribution in [0.25, 0.3) is 11.0 Å². The predicted molar refractivity (Wildman–Crippen MR) is 163 cm³/mol. The molecule has 1 spiro atoms. The van der Waals surface area contributed by atoms with E-state index in [0.29, 0.717) is 29.0 Å². The molecular formula is C33H26Cl2F4N4O3. The average molecular weight is 673 g/mol. The van der Waals surface area contributed by atoms with E-state index in [1.165, 1.54) is 6.07 Å². The Bertz CT molecular complexity index is 1980. The molecule has 238 valence electrons. The Balaban J connectivity index is 1.37. The van der Waals surface area contributed by atoms with Crippen molar-refractivity contribution in [3.05, 3.63) is 92.5 Å². The minimum absolute atomic E-state index is 0.0997. The molecule has 3 aliphatic heterocycles. The van der Waals surface area contributed by atoms with Crippen LogP contribution in [-0.4, -0.2) is 51.6 Å². The lowest BCUT2D eigenvalue weighted by atomic mass is 9.69. The van der Waals surface area contributed by atoms with Crippen LogP contribution in [0.4, 0.5) is 23.2 Å². The lowest BCUT2D eigenvalue weighted by Gasteiger charge is -2.46. The SMILES string of the molecule is COC(=O)c1cc2nc3n(c2cc1C(F)(F)F)C[C@H]1[C@@H]3[C@H](c2cccc(Cl)c2F)[C@@]2(Cc3ccc(Cl)cc3NC2=O)N1CC1CC1. The first-order valence-corrected chi connectivity index (χ1v) is 15.7. The van der Waals surface area contributed by atoms with Crippen molar-refractivity contribution in [3.8, 4) is 0 Å². The van der Waals surface area contributed by atoms with Gasteiger partial charge in [-0.1, -0.05) is 41.4 Å².